The number of benzene rings is 2. The molecule has 2 rings (SSSR count). The normalized spacial score (nSPS) is 10.0. The van der Waals surface area contributed by atoms with Gasteiger partial charge in [0, 0.05) is 22.8 Å². The highest BCUT2D eigenvalue weighted by atomic mass is 16.6. The number of methoxy groups -OCH3 is 1. The highest BCUT2D eigenvalue weighted by molar-refractivity contribution is 5.89. The molecule has 6 heteroatoms. The van der Waals surface area contributed by atoms with E-state index in [0.717, 1.165) is 11.1 Å². The fourth-order valence-corrected chi connectivity index (χ4v) is 2.32. The zero-order valence-corrected chi connectivity index (χ0v) is 16.8. The molecular formula is C23H24O6. The zero-order chi connectivity index (χ0) is 21.4. The molecule has 2 aromatic carbocycles. The van der Waals surface area contributed by atoms with Gasteiger partial charge in [-0.05, 0) is 43.7 Å². The monoisotopic (exact) mass is 396 g/mol. The summed E-state index contributed by atoms with van der Waals surface area (Å²) in [7, 11) is 1.55. The van der Waals surface area contributed by atoms with E-state index in [4.69, 9.17) is 18.9 Å². The van der Waals surface area contributed by atoms with Gasteiger partial charge >= 0.3 is 11.9 Å². The summed E-state index contributed by atoms with van der Waals surface area (Å²) < 4.78 is 21.2. The molecule has 0 heterocycles. The van der Waals surface area contributed by atoms with E-state index in [1.165, 1.54) is 0 Å². The lowest BCUT2D eigenvalue weighted by Crippen LogP contribution is -2.12. The number of ether oxygens (including phenoxy) is 4. The average molecular weight is 396 g/mol. The standard InChI is InChI=1S/C23H24O6/c1-15(2)22(24)28-13-12-27-18-8-6-17(7-9-18)20-11-10-19(14-21(20)26-5)29-23(25)16(3)4/h6-11,14H,1,3,12-13H2,2,4-5H3. The fourth-order valence-electron chi connectivity index (χ4n) is 2.32. The van der Waals surface area contributed by atoms with Crippen molar-refractivity contribution >= 4 is 11.9 Å². The molecule has 29 heavy (non-hydrogen) atoms. The minimum Gasteiger partial charge on any atom is -0.496 e. The smallest absolute Gasteiger partial charge is 0.338 e. The fraction of sp³-hybridized carbons (Fsp3) is 0.217. The Balaban J connectivity index is 2.03. The van der Waals surface area contributed by atoms with Gasteiger partial charge in [0.05, 0.1) is 7.11 Å². The lowest BCUT2D eigenvalue weighted by Gasteiger charge is -2.12. The second-order valence-electron chi connectivity index (χ2n) is 6.32. The van der Waals surface area contributed by atoms with Crippen molar-refractivity contribution in [3.05, 3.63) is 66.8 Å². The number of esters is 2. The van der Waals surface area contributed by atoms with Crippen LogP contribution in [0.3, 0.4) is 0 Å². The molecule has 0 aliphatic heterocycles. The van der Waals surface area contributed by atoms with Crippen LogP contribution in [-0.2, 0) is 14.3 Å². The minimum absolute atomic E-state index is 0.144. The lowest BCUT2D eigenvalue weighted by molar-refractivity contribution is -0.139. The van der Waals surface area contributed by atoms with Crippen molar-refractivity contribution in [1.29, 1.82) is 0 Å². The Labute approximate surface area is 170 Å². The van der Waals surface area contributed by atoms with Crippen molar-refractivity contribution < 1.29 is 28.5 Å². The first-order valence-electron chi connectivity index (χ1n) is 8.93. The predicted molar refractivity (Wildman–Crippen MR) is 110 cm³/mol. The van der Waals surface area contributed by atoms with Crippen LogP contribution in [0, 0.1) is 0 Å². The van der Waals surface area contributed by atoms with Gasteiger partial charge in [-0.1, -0.05) is 25.3 Å². The van der Waals surface area contributed by atoms with E-state index < -0.39 is 11.9 Å². The van der Waals surface area contributed by atoms with Gasteiger partial charge in [0.15, 0.2) is 0 Å². The number of hydrogen-bond donors (Lipinski definition) is 0. The molecule has 0 fully saturated rings. The Bertz CT molecular complexity index is 911. The zero-order valence-electron chi connectivity index (χ0n) is 16.8. The molecule has 0 unspecified atom stereocenters. The van der Waals surface area contributed by atoms with Gasteiger partial charge in [0.1, 0.15) is 30.5 Å². The molecule has 0 saturated carbocycles. The van der Waals surface area contributed by atoms with Crippen LogP contribution in [0.4, 0.5) is 0 Å². The molecule has 0 radical (unpaired) electrons. The third-order valence-electron chi connectivity index (χ3n) is 3.83. The maximum atomic E-state index is 11.7. The molecule has 0 bridgehead atoms. The summed E-state index contributed by atoms with van der Waals surface area (Å²) >= 11 is 0. The van der Waals surface area contributed by atoms with Crippen LogP contribution >= 0.6 is 0 Å². The van der Waals surface area contributed by atoms with Crippen LogP contribution in [0.25, 0.3) is 11.1 Å². The van der Waals surface area contributed by atoms with E-state index in [1.54, 1.807) is 33.1 Å². The first-order chi connectivity index (χ1) is 13.8. The molecule has 0 atom stereocenters. The van der Waals surface area contributed by atoms with Gasteiger partial charge in [0.25, 0.3) is 0 Å². The van der Waals surface area contributed by atoms with Crippen LogP contribution in [0.15, 0.2) is 66.8 Å². The second-order valence-corrected chi connectivity index (χ2v) is 6.32. The molecule has 152 valence electrons. The summed E-state index contributed by atoms with van der Waals surface area (Å²) in [5.41, 5.74) is 2.41. The number of carbonyl (C=O) groups excluding carboxylic acids is 2. The molecule has 0 N–H and O–H groups in total. The van der Waals surface area contributed by atoms with Gasteiger partial charge in [-0.2, -0.15) is 0 Å². The maximum absolute atomic E-state index is 11.7. The first-order valence-corrected chi connectivity index (χ1v) is 8.93. The van der Waals surface area contributed by atoms with E-state index in [9.17, 15) is 9.59 Å². The van der Waals surface area contributed by atoms with Gasteiger partial charge < -0.3 is 18.9 Å². The van der Waals surface area contributed by atoms with Crippen molar-refractivity contribution in [2.24, 2.45) is 0 Å². The Kier molecular flexibility index (Phi) is 7.60. The molecule has 0 spiro atoms. The third-order valence-corrected chi connectivity index (χ3v) is 3.83. The minimum atomic E-state index is -0.491. The average Bonchev–Trinajstić information content (AvgIpc) is 2.71. The lowest BCUT2D eigenvalue weighted by atomic mass is 10.0. The third kappa shape index (κ3) is 6.24. The molecule has 0 aromatic heterocycles. The van der Waals surface area contributed by atoms with Crippen LogP contribution in [0.1, 0.15) is 13.8 Å². The van der Waals surface area contributed by atoms with Gasteiger partial charge in [0.2, 0.25) is 0 Å². The summed E-state index contributed by atoms with van der Waals surface area (Å²) in [6, 6.07) is 12.5. The van der Waals surface area contributed by atoms with E-state index in [0.29, 0.717) is 28.4 Å². The van der Waals surface area contributed by atoms with Crippen LogP contribution < -0.4 is 14.2 Å². The Morgan fingerprint density at radius 2 is 1.48 bits per heavy atom. The van der Waals surface area contributed by atoms with Gasteiger partial charge in [-0.15, -0.1) is 0 Å². The molecule has 0 saturated heterocycles. The molecule has 2 aromatic rings. The topological polar surface area (TPSA) is 71.1 Å². The molecule has 0 aliphatic rings. The molecule has 0 amide bonds. The van der Waals surface area contributed by atoms with Crippen molar-refractivity contribution in [3.63, 3.8) is 0 Å². The van der Waals surface area contributed by atoms with Crippen LogP contribution in [0.2, 0.25) is 0 Å². The Morgan fingerprint density at radius 1 is 0.862 bits per heavy atom. The summed E-state index contributed by atoms with van der Waals surface area (Å²) in [5, 5.41) is 0. The summed E-state index contributed by atoms with van der Waals surface area (Å²) in [6.07, 6.45) is 0. The van der Waals surface area contributed by atoms with Gasteiger partial charge in [-0.3, -0.25) is 0 Å². The van der Waals surface area contributed by atoms with E-state index in [1.807, 2.05) is 30.3 Å². The quantitative estimate of drug-likeness (QED) is 0.272. The van der Waals surface area contributed by atoms with Crippen molar-refractivity contribution in [2.75, 3.05) is 20.3 Å². The van der Waals surface area contributed by atoms with Crippen molar-refractivity contribution in [2.45, 2.75) is 13.8 Å². The van der Waals surface area contributed by atoms with Gasteiger partial charge in [-0.25, -0.2) is 9.59 Å². The maximum Gasteiger partial charge on any atom is 0.338 e. The van der Waals surface area contributed by atoms with E-state index >= 15 is 0 Å². The van der Waals surface area contributed by atoms with E-state index in [2.05, 4.69) is 13.2 Å². The number of hydrogen-bond acceptors (Lipinski definition) is 6. The van der Waals surface area contributed by atoms with E-state index in [-0.39, 0.29) is 13.2 Å². The van der Waals surface area contributed by atoms with Crippen molar-refractivity contribution in [1.82, 2.24) is 0 Å². The molecular weight excluding hydrogens is 372 g/mol. The predicted octanol–water partition coefficient (Wildman–Crippen LogP) is 4.34. The largest absolute Gasteiger partial charge is 0.496 e. The number of carbonyl (C=O) groups is 2. The van der Waals surface area contributed by atoms with Crippen LogP contribution in [-0.4, -0.2) is 32.3 Å². The molecule has 0 aliphatic carbocycles. The SMILES string of the molecule is C=C(C)C(=O)OCCOc1ccc(-c2ccc(OC(=O)C(=C)C)cc2OC)cc1. The summed E-state index contributed by atoms with van der Waals surface area (Å²) in [6.45, 7) is 10.6. The highest BCUT2D eigenvalue weighted by Gasteiger charge is 2.11. The summed E-state index contributed by atoms with van der Waals surface area (Å²) in [4.78, 5) is 23.0. The Morgan fingerprint density at radius 3 is 2.07 bits per heavy atom. The number of rotatable bonds is 9. The molecule has 6 nitrogen and oxygen atoms in total. The van der Waals surface area contributed by atoms with Crippen LogP contribution in [0.5, 0.6) is 17.2 Å². The summed E-state index contributed by atoms with van der Waals surface area (Å²) in [5.74, 6) is 0.662. The van der Waals surface area contributed by atoms with Crippen molar-refractivity contribution in [3.8, 4) is 28.4 Å². The first kappa shape index (κ1) is 21.8. The Hall–Kier alpha value is -3.54. The highest BCUT2D eigenvalue weighted by Crippen LogP contribution is 2.34. The second kappa shape index (κ2) is 10.1.